The van der Waals surface area contributed by atoms with E-state index >= 15 is 0 Å². The zero-order valence-electron chi connectivity index (χ0n) is 13.9. The highest BCUT2D eigenvalue weighted by Crippen LogP contribution is 2.20. The molecule has 9 heteroatoms. The van der Waals surface area contributed by atoms with E-state index in [1.54, 1.807) is 34.1 Å². The molecule has 128 valence electrons. The second kappa shape index (κ2) is 7.39. The van der Waals surface area contributed by atoms with Crippen LogP contribution in [0.1, 0.15) is 12.2 Å². The monoisotopic (exact) mass is 337 g/mol. The van der Waals surface area contributed by atoms with Crippen molar-refractivity contribution >= 4 is 24.4 Å². The van der Waals surface area contributed by atoms with Crippen LogP contribution in [0.25, 0.3) is 17.3 Å². The fourth-order valence-electron chi connectivity index (χ4n) is 2.23. The van der Waals surface area contributed by atoms with Crippen LogP contribution in [0, 0.1) is 0 Å². The first-order valence-corrected chi connectivity index (χ1v) is 7.69. The Morgan fingerprint density at radius 2 is 2.24 bits per heavy atom. The van der Waals surface area contributed by atoms with Gasteiger partial charge in [-0.2, -0.15) is 10.2 Å². The van der Waals surface area contributed by atoms with Crippen molar-refractivity contribution in [1.82, 2.24) is 29.4 Å². The fraction of sp³-hybridized carbons (Fsp3) is 0.188. The fourth-order valence-corrected chi connectivity index (χ4v) is 2.23. The average Bonchev–Trinajstić information content (AvgIpc) is 3.24. The second-order valence-corrected chi connectivity index (χ2v) is 5.28. The molecule has 3 aromatic rings. The second-order valence-electron chi connectivity index (χ2n) is 5.28. The van der Waals surface area contributed by atoms with Gasteiger partial charge < -0.3 is 11.1 Å². The first kappa shape index (κ1) is 16.4. The van der Waals surface area contributed by atoms with Gasteiger partial charge in [0.1, 0.15) is 0 Å². The Morgan fingerprint density at radius 3 is 3.00 bits per heavy atom. The quantitative estimate of drug-likeness (QED) is 0.501. The van der Waals surface area contributed by atoms with Crippen LogP contribution in [-0.2, 0) is 7.05 Å². The molecule has 0 saturated heterocycles. The number of aryl methyl sites for hydroxylation is 1. The van der Waals surface area contributed by atoms with Crippen molar-refractivity contribution in [2.45, 2.75) is 6.42 Å². The van der Waals surface area contributed by atoms with Gasteiger partial charge in [-0.1, -0.05) is 6.08 Å². The minimum Gasteiger partial charge on any atom is -0.381 e. The lowest BCUT2D eigenvalue weighted by atomic mass is 10.3. The summed E-state index contributed by atoms with van der Waals surface area (Å²) in [6.07, 6.45) is 13.3. The molecule has 0 aromatic carbocycles. The predicted octanol–water partition coefficient (Wildman–Crippen LogP) is 1.63. The largest absolute Gasteiger partial charge is 0.381 e. The van der Waals surface area contributed by atoms with Gasteiger partial charge in [-0.15, -0.1) is 0 Å². The molecule has 0 bridgehead atoms. The normalized spacial score (nSPS) is 11.1. The lowest BCUT2D eigenvalue weighted by Gasteiger charge is -2.07. The summed E-state index contributed by atoms with van der Waals surface area (Å²) in [7, 11) is 1.85. The topological polar surface area (TPSA) is 112 Å². The van der Waals surface area contributed by atoms with E-state index in [4.69, 9.17) is 5.73 Å². The summed E-state index contributed by atoms with van der Waals surface area (Å²) in [5.41, 5.74) is 7.51. The number of imidazole rings is 1. The molecular formula is C16H19N9. The molecule has 0 unspecified atom stereocenters. The zero-order valence-corrected chi connectivity index (χ0v) is 13.9. The highest BCUT2D eigenvalue weighted by atomic mass is 15.4. The summed E-state index contributed by atoms with van der Waals surface area (Å²) in [6.45, 7) is 4.14. The third-order valence-electron chi connectivity index (χ3n) is 3.47. The minimum atomic E-state index is 0.364. The van der Waals surface area contributed by atoms with Crippen molar-refractivity contribution in [3.05, 3.63) is 42.9 Å². The molecular weight excluding hydrogens is 318 g/mol. The lowest BCUT2D eigenvalue weighted by Crippen LogP contribution is -2.07. The van der Waals surface area contributed by atoms with Crippen molar-refractivity contribution in [2.75, 3.05) is 17.6 Å². The van der Waals surface area contributed by atoms with Crippen LogP contribution in [0.3, 0.4) is 0 Å². The molecule has 0 atom stereocenters. The molecule has 0 fully saturated rings. The van der Waals surface area contributed by atoms with Gasteiger partial charge in [0, 0.05) is 44.5 Å². The number of nitrogens with two attached hydrogens (primary N) is 1. The Balaban J connectivity index is 1.60. The van der Waals surface area contributed by atoms with Crippen molar-refractivity contribution in [2.24, 2.45) is 12.1 Å². The number of aromatic nitrogens is 6. The van der Waals surface area contributed by atoms with E-state index in [-0.39, 0.29) is 0 Å². The number of rotatable bonds is 7. The van der Waals surface area contributed by atoms with Gasteiger partial charge in [0.15, 0.2) is 17.5 Å². The van der Waals surface area contributed by atoms with E-state index in [1.165, 1.54) is 0 Å². The maximum Gasteiger partial charge on any atom is 0.169 e. The number of nitrogens with one attached hydrogen (secondary N) is 1. The first-order valence-electron chi connectivity index (χ1n) is 7.69. The Labute approximate surface area is 144 Å². The molecule has 0 amide bonds. The van der Waals surface area contributed by atoms with Crippen molar-refractivity contribution in [3.8, 4) is 11.3 Å². The molecule has 0 spiro atoms. The van der Waals surface area contributed by atoms with E-state index in [0.29, 0.717) is 18.2 Å². The number of hydrogen-bond donors (Lipinski definition) is 2. The SMILES string of the molecule is C=Nn1ccnc1/C=C\CCNc1nc(-c2cnn(C)c2)cnc1N. The van der Waals surface area contributed by atoms with Crippen LogP contribution in [-0.4, -0.2) is 42.7 Å². The predicted molar refractivity (Wildman–Crippen MR) is 98.0 cm³/mol. The summed E-state index contributed by atoms with van der Waals surface area (Å²) in [5, 5.41) is 11.2. The molecule has 3 heterocycles. The van der Waals surface area contributed by atoms with Gasteiger partial charge in [-0.25, -0.2) is 19.6 Å². The smallest absolute Gasteiger partial charge is 0.169 e. The van der Waals surface area contributed by atoms with Gasteiger partial charge in [0.2, 0.25) is 0 Å². The molecule has 0 aliphatic carbocycles. The van der Waals surface area contributed by atoms with Gasteiger partial charge in [-0.3, -0.25) is 4.68 Å². The average molecular weight is 337 g/mol. The molecule has 0 saturated carbocycles. The van der Waals surface area contributed by atoms with E-state index in [2.05, 4.69) is 37.2 Å². The Bertz CT molecular complexity index is 891. The number of anilines is 2. The lowest BCUT2D eigenvalue weighted by molar-refractivity contribution is 0.768. The standard InChI is InChI=1S/C16H19N9/c1-18-25-8-7-19-14(25)5-3-4-6-20-16-15(17)21-10-13(23-16)12-9-22-24(2)11-12/h3,5,7-11H,1,4,6H2,2H3,(H2,17,21)(H,20,23)/b5-3-. The molecule has 3 N–H and O–H groups in total. The zero-order chi connectivity index (χ0) is 17.6. The first-order chi connectivity index (χ1) is 12.2. The molecule has 3 rings (SSSR count). The van der Waals surface area contributed by atoms with Crippen LogP contribution in [0.5, 0.6) is 0 Å². The minimum absolute atomic E-state index is 0.364. The van der Waals surface area contributed by atoms with Crippen molar-refractivity contribution in [3.63, 3.8) is 0 Å². The summed E-state index contributed by atoms with van der Waals surface area (Å²) in [6, 6.07) is 0. The third-order valence-corrected chi connectivity index (χ3v) is 3.47. The maximum absolute atomic E-state index is 5.89. The van der Waals surface area contributed by atoms with Crippen molar-refractivity contribution < 1.29 is 0 Å². The summed E-state index contributed by atoms with van der Waals surface area (Å²) in [4.78, 5) is 12.9. The van der Waals surface area contributed by atoms with E-state index < -0.39 is 0 Å². The van der Waals surface area contributed by atoms with Gasteiger partial charge in [-0.05, 0) is 12.5 Å². The van der Waals surface area contributed by atoms with E-state index in [9.17, 15) is 0 Å². The van der Waals surface area contributed by atoms with Crippen molar-refractivity contribution in [1.29, 1.82) is 0 Å². The highest BCUT2D eigenvalue weighted by Gasteiger charge is 2.07. The number of nitrogen functional groups attached to an aromatic ring is 1. The van der Waals surface area contributed by atoms with Crippen LogP contribution >= 0.6 is 0 Å². The van der Waals surface area contributed by atoms with Crippen LogP contribution in [0.15, 0.2) is 42.2 Å². The summed E-state index contributed by atoms with van der Waals surface area (Å²) in [5.74, 6) is 1.65. The molecule has 0 aliphatic heterocycles. The molecule has 3 aromatic heterocycles. The Hall–Kier alpha value is -3.49. The summed E-state index contributed by atoms with van der Waals surface area (Å²) < 4.78 is 3.32. The Morgan fingerprint density at radius 1 is 1.36 bits per heavy atom. The van der Waals surface area contributed by atoms with E-state index in [0.717, 1.165) is 23.5 Å². The molecule has 9 nitrogen and oxygen atoms in total. The molecule has 0 aliphatic rings. The number of hydrogen-bond acceptors (Lipinski definition) is 7. The highest BCUT2D eigenvalue weighted by molar-refractivity contribution is 5.64. The number of nitrogens with zero attached hydrogens (tertiary/aromatic N) is 7. The van der Waals surface area contributed by atoms with Crippen LogP contribution in [0.2, 0.25) is 0 Å². The molecule has 25 heavy (non-hydrogen) atoms. The van der Waals surface area contributed by atoms with Gasteiger partial charge in [0.05, 0.1) is 18.1 Å². The van der Waals surface area contributed by atoms with Gasteiger partial charge in [0.25, 0.3) is 0 Å². The molecule has 0 radical (unpaired) electrons. The van der Waals surface area contributed by atoms with Gasteiger partial charge >= 0.3 is 0 Å². The third kappa shape index (κ3) is 3.89. The van der Waals surface area contributed by atoms with Crippen LogP contribution < -0.4 is 11.1 Å². The Kier molecular flexibility index (Phi) is 4.84. The summed E-state index contributed by atoms with van der Waals surface area (Å²) >= 11 is 0. The van der Waals surface area contributed by atoms with Crippen LogP contribution in [0.4, 0.5) is 11.6 Å². The van der Waals surface area contributed by atoms with E-state index in [1.807, 2.05) is 25.4 Å². The maximum atomic E-state index is 5.89.